The van der Waals surface area contributed by atoms with Gasteiger partial charge in [-0.15, -0.1) is 0 Å². The van der Waals surface area contributed by atoms with Crippen molar-refractivity contribution in [3.05, 3.63) is 0 Å². The Hall–Kier alpha value is -0.450. The minimum atomic E-state index is -0.784. The number of nitrogens with zero attached hydrogens (tertiary/aromatic N) is 1. The summed E-state index contributed by atoms with van der Waals surface area (Å²) in [6.45, 7) is 17.9. The number of nitrogens with one attached hydrogen (secondary N) is 1. The molecule has 0 saturated heterocycles. The molecule has 0 aromatic heterocycles. The van der Waals surface area contributed by atoms with Crippen LogP contribution in [-0.2, 0) is 4.79 Å². The number of ketones is 1. The van der Waals surface area contributed by atoms with Crippen molar-refractivity contribution in [1.29, 1.82) is 0 Å². The molecule has 0 bridgehead atoms. The van der Waals surface area contributed by atoms with Crippen LogP contribution < -0.4 is 5.32 Å². The largest absolute Gasteiger partial charge is 0.394 e. The standard InChI is InChI=1S/C10H21NO2.C7H17N/c1-8(13)10(5,7-12)11-6-9(2,3)4;1-7(2,3)6-8(4)5/h11-12H,6-7H2,1-5H3;6H2,1-5H3. The third-order valence-electron chi connectivity index (χ3n) is 2.89. The van der Waals surface area contributed by atoms with Crippen LogP contribution >= 0.6 is 0 Å². The second kappa shape index (κ2) is 8.86. The van der Waals surface area contributed by atoms with Crippen molar-refractivity contribution in [3.63, 3.8) is 0 Å². The molecule has 0 fully saturated rings. The monoisotopic (exact) mass is 302 g/mol. The number of carbonyl (C=O) groups excluding carboxylic acids is 1. The fraction of sp³-hybridized carbons (Fsp3) is 0.941. The highest BCUT2D eigenvalue weighted by molar-refractivity contribution is 5.85. The van der Waals surface area contributed by atoms with E-state index < -0.39 is 5.54 Å². The van der Waals surface area contributed by atoms with Crippen LogP contribution in [0.5, 0.6) is 0 Å². The van der Waals surface area contributed by atoms with Gasteiger partial charge in [0.05, 0.1) is 12.1 Å². The van der Waals surface area contributed by atoms with Gasteiger partial charge >= 0.3 is 0 Å². The van der Waals surface area contributed by atoms with Gasteiger partial charge in [-0.1, -0.05) is 41.5 Å². The summed E-state index contributed by atoms with van der Waals surface area (Å²) in [5.74, 6) is -0.0285. The molecule has 0 aliphatic carbocycles. The second-order valence-electron chi connectivity index (χ2n) is 8.76. The molecule has 128 valence electrons. The number of carbonyl (C=O) groups is 1. The number of aliphatic hydroxyl groups excluding tert-OH is 1. The first-order valence-corrected chi connectivity index (χ1v) is 7.65. The number of Topliss-reactive ketones (excluding diaryl/α,β-unsaturated/α-hetero) is 1. The van der Waals surface area contributed by atoms with Crippen molar-refractivity contribution in [2.24, 2.45) is 10.8 Å². The SMILES string of the molecule is CC(=O)C(C)(CO)NCC(C)(C)C.CN(C)CC(C)(C)C. The summed E-state index contributed by atoms with van der Waals surface area (Å²) >= 11 is 0. The predicted molar refractivity (Wildman–Crippen MR) is 91.6 cm³/mol. The van der Waals surface area contributed by atoms with Crippen LogP contribution in [0.2, 0.25) is 0 Å². The van der Waals surface area contributed by atoms with Crippen LogP contribution in [0.3, 0.4) is 0 Å². The summed E-state index contributed by atoms with van der Waals surface area (Å²) < 4.78 is 0. The normalized spacial score (nSPS) is 15.2. The van der Waals surface area contributed by atoms with Crippen molar-refractivity contribution in [2.75, 3.05) is 33.8 Å². The van der Waals surface area contributed by atoms with E-state index >= 15 is 0 Å². The molecule has 0 saturated carbocycles. The lowest BCUT2D eigenvalue weighted by Crippen LogP contribution is -2.53. The zero-order chi connectivity index (χ0) is 17.5. The van der Waals surface area contributed by atoms with Gasteiger partial charge in [-0.25, -0.2) is 0 Å². The Kier molecular flexibility index (Phi) is 9.63. The lowest BCUT2D eigenvalue weighted by atomic mass is 9.92. The molecule has 1 atom stereocenters. The highest BCUT2D eigenvalue weighted by Crippen LogP contribution is 2.14. The zero-order valence-electron chi connectivity index (χ0n) is 15.9. The Morgan fingerprint density at radius 2 is 1.43 bits per heavy atom. The highest BCUT2D eigenvalue weighted by Gasteiger charge is 2.29. The van der Waals surface area contributed by atoms with Gasteiger partial charge in [-0.2, -0.15) is 0 Å². The van der Waals surface area contributed by atoms with Gasteiger partial charge in [0.1, 0.15) is 0 Å². The number of hydrogen-bond acceptors (Lipinski definition) is 4. The Bertz CT molecular complexity index is 301. The minimum absolute atomic E-state index is 0.0285. The van der Waals surface area contributed by atoms with E-state index in [1.165, 1.54) is 6.92 Å². The van der Waals surface area contributed by atoms with Crippen molar-refractivity contribution < 1.29 is 9.90 Å². The van der Waals surface area contributed by atoms with Gasteiger partial charge in [0.25, 0.3) is 0 Å². The topological polar surface area (TPSA) is 52.6 Å². The molecule has 4 heteroatoms. The molecule has 1 unspecified atom stereocenters. The maximum absolute atomic E-state index is 11.2. The first-order valence-electron chi connectivity index (χ1n) is 7.65. The van der Waals surface area contributed by atoms with E-state index in [1.807, 2.05) is 0 Å². The Morgan fingerprint density at radius 1 is 1.00 bits per heavy atom. The number of aliphatic hydroxyl groups is 1. The smallest absolute Gasteiger partial charge is 0.151 e. The molecule has 21 heavy (non-hydrogen) atoms. The van der Waals surface area contributed by atoms with Crippen LogP contribution in [0.1, 0.15) is 55.4 Å². The zero-order valence-corrected chi connectivity index (χ0v) is 15.9. The maximum Gasteiger partial charge on any atom is 0.151 e. The van der Waals surface area contributed by atoms with Crippen molar-refractivity contribution in [1.82, 2.24) is 10.2 Å². The molecular formula is C17H38N2O2. The summed E-state index contributed by atoms with van der Waals surface area (Å²) in [7, 11) is 4.20. The molecule has 0 aliphatic rings. The molecule has 2 N–H and O–H groups in total. The van der Waals surface area contributed by atoms with E-state index in [-0.39, 0.29) is 17.8 Å². The van der Waals surface area contributed by atoms with E-state index in [0.717, 1.165) is 6.54 Å². The Morgan fingerprint density at radius 3 is 1.57 bits per heavy atom. The summed E-state index contributed by atoms with van der Waals surface area (Å²) in [5, 5.41) is 12.2. The molecule has 0 spiro atoms. The molecule has 0 aromatic rings. The van der Waals surface area contributed by atoms with Gasteiger partial charge < -0.3 is 15.3 Å². The molecule has 0 aromatic carbocycles. The Labute approximate surface area is 132 Å². The molecule has 0 amide bonds. The van der Waals surface area contributed by atoms with Gasteiger partial charge in [-0.3, -0.25) is 4.79 Å². The third kappa shape index (κ3) is 14.3. The van der Waals surface area contributed by atoms with Gasteiger partial charge in [0.15, 0.2) is 5.78 Å². The molecule has 0 radical (unpaired) electrons. The van der Waals surface area contributed by atoms with E-state index in [0.29, 0.717) is 12.0 Å². The van der Waals surface area contributed by atoms with Crippen LogP contribution in [0.4, 0.5) is 0 Å². The van der Waals surface area contributed by atoms with E-state index in [2.05, 4.69) is 65.9 Å². The van der Waals surface area contributed by atoms with E-state index in [9.17, 15) is 4.79 Å². The highest BCUT2D eigenvalue weighted by atomic mass is 16.3. The first kappa shape index (κ1) is 22.8. The average molecular weight is 303 g/mol. The van der Waals surface area contributed by atoms with Gasteiger partial charge in [-0.05, 0) is 38.8 Å². The minimum Gasteiger partial charge on any atom is -0.394 e. The van der Waals surface area contributed by atoms with E-state index in [4.69, 9.17) is 5.11 Å². The fourth-order valence-electron chi connectivity index (χ4n) is 1.70. The lowest BCUT2D eigenvalue weighted by Gasteiger charge is -2.30. The summed E-state index contributed by atoms with van der Waals surface area (Å²) in [6.07, 6.45) is 0. The Balaban J connectivity index is 0. The summed E-state index contributed by atoms with van der Waals surface area (Å²) in [5.41, 5.74) is -0.220. The summed E-state index contributed by atoms with van der Waals surface area (Å²) in [4.78, 5) is 13.4. The lowest BCUT2D eigenvalue weighted by molar-refractivity contribution is -0.124. The molecule has 0 aliphatic heterocycles. The summed E-state index contributed by atoms with van der Waals surface area (Å²) in [6, 6.07) is 0. The number of rotatable bonds is 5. The van der Waals surface area contributed by atoms with Gasteiger partial charge in [0.2, 0.25) is 0 Å². The van der Waals surface area contributed by atoms with Crippen LogP contribution in [0, 0.1) is 10.8 Å². The third-order valence-corrected chi connectivity index (χ3v) is 2.89. The second-order valence-corrected chi connectivity index (χ2v) is 8.76. The fourth-order valence-corrected chi connectivity index (χ4v) is 1.70. The van der Waals surface area contributed by atoms with E-state index in [1.54, 1.807) is 6.92 Å². The first-order chi connectivity index (χ1) is 9.13. The van der Waals surface area contributed by atoms with Crippen LogP contribution in [0.15, 0.2) is 0 Å². The van der Waals surface area contributed by atoms with Crippen LogP contribution in [0.25, 0.3) is 0 Å². The quantitative estimate of drug-likeness (QED) is 0.819. The molecular weight excluding hydrogens is 264 g/mol. The van der Waals surface area contributed by atoms with Crippen molar-refractivity contribution >= 4 is 5.78 Å². The van der Waals surface area contributed by atoms with Gasteiger partial charge in [0, 0.05) is 13.1 Å². The van der Waals surface area contributed by atoms with Crippen LogP contribution in [-0.4, -0.2) is 55.1 Å². The predicted octanol–water partition coefficient (Wildman–Crippen LogP) is 2.56. The molecule has 0 heterocycles. The van der Waals surface area contributed by atoms with Crippen molar-refractivity contribution in [2.45, 2.75) is 60.9 Å². The maximum atomic E-state index is 11.2. The number of hydrogen-bond donors (Lipinski definition) is 2. The molecule has 4 nitrogen and oxygen atoms in total. The average Bonchev–Trinajstić information content (AvgIpc) is 2.21. The van der Waals surface area contributed by atoms with Crippen molar-refractivity contribution in [3.8, 4) is 0 Å². The molecule has 0 rings (SSSR count).